The minimum atomic E-state index is -5.82. The van der Waals surface area contributed by atoms with Crippen LogP contribution in [0.5, 0.6) is 0 Å². The number of hydrogen-bond acceptors (Lipinski definition) is 0. The van der Waals surface area contributed by atoms with E-state index in [-0.39, 0.29) is 0 Å². The van der Waals surface area contributed by atoms with Gasteiger partial charge in [0.1, 0.15) is 15.1 Å². The molecule has 2 rings (SSSR count). The Kier molecular flexibility index (Phi) is 5.39. The highest BCUT2D eigenvalue weighted by Crippen LogP contribution is 2.61. The van der Waals surface area contributed by atoms with Gasteiger partial charge in [0.25, 0.3) is 0 Å². The Bertz CT molecular complexity index is 566. The van der Waals surface area contributed by atoms with Gasteiger partial charge in [0, 0.05) is 0 Å². The Morgan fingerprint density at radius 2 is 0.654 bits per heavy atom. The van der Waals surface area contributed by atoms with E-state index in [1.54, 1.807) is 0 Å². The lowest BCUT2D eigenvalue weighted by Gasteiger charge is -2.23. The molecule has 0 unspecified atom stereocenters. The van der Waals surface area contributed by atoms with Crippen LogP contribution in [0.3, 0.4) is 0 Å². The van der Waals surface area contributed by atoms with Gasteiger partial charge in [-0.15, -0.1) is 0 Å². The number of rotatable bonds is 0. The molecule has 16 heteroatoms. The van der Waals surface area contributed by atoms with E-state index in [9.17, 15) is 57.1 Å². The summed E-state index contributed by atoms with van der Waals surface area (Å²) in [5.41, 5.74) is 0. The summed E-state index contributed by atoms with van der Waals surface area (Å²) in [6.45, 7) is 0. The highest BCUT2D eigenvalue weighted by atomic mass is 35.5. The molecule has 0 N–H and O–H groups in total. The molecule has 0 nitrogen and oxygen atoms in total. The summed E-state index contributed by atoms with van der Waals surface area (Å²) in [6, 6.07) is 0. The normalized spacial score (nSPS) is 29.5. The van der Waals surface area contributed by atoms with Crippen molar-refractivity contribution in [1.82, 2.24) is 0 Å². The quantitative estimate of drug-likeness (QED) is 0.335. The van der Waals surface area contributed by atoms with Gasteiger partial charge in [0.05, 0.1) is 0 Å². The first-order valence-electron chi connectivity index (χ1n) is 5.52. The van der Waals surface area contributed by atoms with Crippen molar-refractivity contribution in [1.29, 1.82) is 0 Å². The molecule has 0 amide bonds. The molecule has 0 aliphatic heterocycles. The first-order valence-corrected chi connectivity index (χ1v) is 6.66. The average molecular weight is 473 g/mol. The van der Waals surface area contributed by atoms with Gasteiger partial charge in [0.2, 0.25) is 0 Å². The van der Waals surface area contributed by atoms with Crippen LogP contribution in [-0.2, 0) is 0 Å². The Hall–Kier alpha value is -0.560. The highest BCUT2D eigenvalue weighted by molar-refractivity contribution is 6.41. The molecule has 152 valence electrons. The van der Waals surface area contributed by atoms with E-state index in [2.05, 4.69) is 34.8 Å². The van der Waals surface area contributed by atoms with Crippen LogP contribution in [0.2, 0.25) is 0 Å². The van der Waals surface area contributed by atoms with Gasteiger partial charge in [-0.2, -0.15) is 52.7 Å². The Morgan fingerprint density at radius 3 is 0.731 bits per heavy atom. The van der Waals surface area contributed by atoms with Crippen LogP contribution in [0.1, 0.15) is 0 Å². The fourth-order valence-corrected chi connectivity index (χ4v) is 2.21. The summed E-state index contributed by atoms with van der Waals surface area (Å²) in [6.07, 6.45) is 0. The van der Waals surface area contributed by atoms with Crippen molar-refractivity contribution >= 4 is 34.8 Å². The average Bonchev–Trinajstić information content (AvgIpc) is 2.62. The summed E-state index contributed by atoms with van der Waals surface area (Å²) in [4.78, 5) is 0. The maximum Gasteiger partial charge on any atom is 0.384 e. The summed E-state index contributed by atoms with van der Waals surface area (Å²) < 4.78 is 159. The van der Waals surface area contributed by atoms with Gasteiger partial charge in [0.15, 0.2) is 5.83 Å². The maximum atomic E-state index is 12.4. The Balaban J connectivity index is 0.000000260. The third-order valence-electron chi connectivity index (χ3n) is 3.07. The van der Waals surface area contributed by atoms with E-state index in [1.165, 1.54) is 0 Å². The smallest absolute Gasteiger partial charge is 0.203 e. The monoisotopic (exact) mass is 472 g/mol. The van der Waals surface area contributed by atoms with Crippen molar-refractivity contribution in [3.8, 4) is 0 Å². The van der Waals surface area contributed by atoms with Crippen molar-refractivity contribution in [2.75, 3.05) is 0 Å². The summed E-state index contributed by atoms with van der Waals surface area (Å²) in [5, 5.41) is -6.46. The second-order valence-electron chi connectivity index (χ2n) is 4.70. The van der Waals surface area contributed by atoms with Gasteiger partial charge in [-0.05, 0) is 0 Å². The lowest BCUT2D eigenvalue weighted by molar-refractivity contribution is -0.266. The molecule has 0 aromatic rings. The molecule has 2 aliphatic rings. The predicted molar refractivity (Wildman–Crippen MR) is 62.4 cm³/mol. The summed E-state index contributed by atoms with van der Waals surface area (Å²) >= 11 is 13.4. The minimum Gasteiger partial charge on any atom is -0.203 e. The molecule has 0 aromatic carbocycles. The molecule has 0 spiro atoms. The van der Waals surface area contributed by atoms with Crippen LogP contribution in [0, 0.1) is 0 Å². The Morgan fingerprint density at radius 1 is 0.423 bits per heavy atom. The molecule has 0 saturated carbocycles. The molecule has 0 saturated heterocycles. The number of allylic oxidation sites excluding steroid dienone is 4. The van der Waals surface area contributed by atoms with Gasteiger partial charge in [-0.1, -0.05) is 34.8 Å². The molecule has 26 heavy (non-hydrogen) atoms. The summed E-state index contributed by atoms with van der Waals surface area (Å²) in [7, 11) is 0. The lowest BCUT2D eigenvalue weighted by atomic mass is 10.2. The van der Waals surface area contributed by atoms with Crippen molar-refractivity contribution < 1.29 is 57.1 Å². The standard InChI is InChI=1S/C5Cl2F6.C5ClF7/c2*6-1-2(7)4(10,11)5(12,13)3(1,8)9. The van der Waals surface area contributed by atoms with Crippen LogP contribution in [0.15, 0.2) is 20.9 Å². The molecule has 0 radical (unpaired) electrons. The van der Waals surface area contributed by atoms with E-state index in [1.807, 2.05) is 0 Å². The second-order valence-corrected chi connectivity index (χ2v) is 5.84. The topological polar surface area (TPSA) is 0 Å². The second kappa shape index (κ2) is 5.97. The Labute approximate surface area is 149 Å². The highest BCUT2D eigenvalue weighted by Gasteiger charge is 2.81. The van der Waals surface area contributed by atoms with Gasteiger partial charge in [-0.25, -0.2) is 4.39 Å². The van der Waals surface area contributed by atoms with E-state index >= 15 is 0 Å². The third-order valence-corrected chi connectivity index (χ3v) is 4.42. The van der Waals surface area contributed by atoms with Crippen molar-refractivity contribution in [2.24, 2.45) is 0 Å². The first kappa shape index (κ1) is 23.5. The van der Waals surface area contributed by atoms with E-state index in [0.29, 0.717) is 0 Å². The minimum absolute atomic E-state index is 2.01. The molecule has 0 atom stereocenters. The number of halogens is 16. The van der Waals surface area contributed by atoms with Crippen LogP contribution in [0.25, 0.3) is 0 Å². The van der Waals surface area contributed by atoms with Crippen molar-refractivity contribution in [2.45, 2.75) is 35.5 Å². The SMILES string of the molecule is FC1(F)C(Cl)=C(Cl)C(F)(F)C1(F)F.FC1=C(Cl)C(F)(F)C(F)(F)C1(F)F. The molecule has 0 fully saturated rings. The van der Waals surface area contributed by atoms with Gasteiger partial charge >= 0.3 is 35.5 Å². The van der Waals surface area contributed by atoms with Crippen molar-refractivity contribution in [3.63, 3.8) is 0 Å². The van der Waals surface area contributed by atoms with Gasteiger partial charge in [-0.3, -0.25) is 0 Å². The first-order chi connectivity index (χ1) is 11.1. The summed E-state index contributed by atoms with van der Waals surface area (Å²) in [5.74, 6) is -35.5. The lowest BCUT2D eigenvalue weighted by Crippen LogP contribution is -2.48. The molecule has 0 bridgehead atoms. The van der Waals surface area contributed by atoms with Crippen LogP contribution in [-0.4, -0.2) is 35.5 Å². The fourth-order valence-electron chi connectivity index (χ4n) is 1.50. The molecule has 2 aliphatic carbocycles. The predicted octanol–water partition coefficient (Wildman–Crippen LogP) is 6.92. The maximum absolute atomic E-state index is 12.4. The third kappa shape index (κ3) is 2.60. The van der Waals surface area contributed by atoms with E-state index < -0.39 is 56.5 Å². The fraction of sp³-hybridized carbons (Fsp3) is 0.600. The van der Waals surface area contributed by atoms with Gasteiger partial charge < -0.3 is 0 Å². The molecular weight excluding hydrogens is 473 g/mol. The van der Waals surface area contributed by atoms with Crippen LogP contribution < -0.4 is 0 Å². The van der Waals surface area contributed by atoms with E-state index in [0.717, 1.165) is 0 Å². The zero-order valence-corrected chi connectivity index (χ0v) is 13.3. The number of alkyl halides is 12. The van der Waals surface area contributed by atoms with Crippen LogP contribution in [0.4, 0.5) is 57.1 Å². The molecular formula is C10Cl3F13. The van der Waals surface area contributed by atoms with E-state index in [4.69, 9.17) is 0 Å². The van der Waals surface area contributed by atoms with Crippen LogP contribution >= 0.6 is 34.8 Å². The zero-order chi connectivity index (χ0) is 21.3. The number of hydrogen-bond donors (Lipinski definition) is 0. The zero-order valence-electron chi connectivity index (χ0n) is 11.0. The molecule has 0 heterocycles. The molecule has 0 aromatic heterocycles. The largest absolute Gasteiger partial charge is 0.384 e. The van der Waals surface area contributed by atoms with Crippen molar-refractivity contribution in [3.05, 3.63) is 20.9 Å².